The average molecular weight is 482 g/mol. The van der Waals surface area contributed by atoms with Gasteiger partial charge >= 0.3 is 0 Å². The molecule has 1 unspecified atom stereocenters. The third-order valence-electron chi connectivity index (χ3n) is 4.20. The van der Waals surface area contributed by atoms with E-state index in [-0.39, 0.29) is 24.8 Å². The van der Waals surface area contributed by atoms with Crippen LogP contribution in [0.15, 0.2) is 46.9 Å². The lowest BCUT2D eigenvalue weighted by molar-refractivity contribution is -0.124. The second-order valence-electron chi connectivity index (χ2n) is 6.89. The normalized spacial score (nSPS) is 11.7. The molecule has 0 heterocycles. The molecule has 0 radical (unpaired) electrons. The Balaban J connectivity index is 1.90. The predicted molar refractivity (Wildman–Crippen MR) is 113 cm³/mol. The van der Waals surface area contributed by atoms with Crippen molar-refractivity contribution in [2.75, 3.05) is 11.9 Å². The number of benzene rings is 2. The van der Waals surface area contributed by atoms with Crippen LogP contribution >= 0.6 is 15.9 Å². The van der Waals surface area contributed by atoms with Crippen LogP contribution in [0.5, 0.6) is 0 Å². The Bertz CT molecular complexity index is 900. The minimum Gasteiger partial charge on any atom is -0.354 e. The first kappa shape index (κ1) is 23.5. The molecular weight excluding hydrogens is 460 g/mol. The molecule has 0 spiro atoms. The van der Waals surface area contributed by atoms with Crippen molar-refractivity contribution in [2.45, 2.75) is 26.3 Å². The summed E-state index contributed by atoms with van der Waals surface area (Å²) in [6.45, 7) is 3.40. The molecule has 0 aromatic heterocycles. The fraction of sp³-hybridized carbons (Fsp3) is 0.286. The van der Waals surface area contributed by atoms with Gasteiger partial charge in [-0.2, -0.15) is 0 Å². The molecule has 9 heteroatoms. The number of amides is 3. The molecule has 1 atom stereocenters. The first-order chi connectivity index (χ1) is 14.2. The smallest absolute Gasteiger partial charge is 0.257 e. The maximum atomic E-state index is 13.8. The zero-order valence-corrected chi connectivity index (χ0v) is 18.1. The monoisotopic (exact) mass is 481 g/mol. The van der Waals surface area contributed by atoms with Crippen molar-refractivity contribution in [1.82, 2.24) is 10.6 Å². The molecule has 0 fully saturated rings. The van der Waals surface area contributed by atoms with Crippen LogP contribution in [0.4, 0.5) is 14.5 Å². The van der Waals surface area contributed by atoms with Crippen LogP contribution in [0, 0.1) is 17.6 Å². The van der Waals surface area contributed by atoms with Crippen LogP contribution in [0.2, 0.25) is 0 Å². The lowest BCUT2D eigenvalue weighted by Crippen LogP contribution is -2.50. The molecule has 2 rings (SSSR count). The summed E-state index contributed by atoms with van der Waals surface area (Å²) >= 11 is 3.30. The van der Waals surface area contributed by atoms with Crippen molar-refractivity contribution in [3.63, 3.8) is 0 Å². The van der Waals surface area contributed by atoms with Crippen molar-refractivity contribution < 1.29 is 23.2 Å². The van der Waals surface area contributed by atoms with E-state index in [9.17, 15) is 23.2 Å². The van der Waals surface area contributed by atoms with E-state index >= 15 is 0 Å². The van der Waals surface area contributed by atoms with Gasteiger partial charge in [0.05, 0.1) is 0 Å². The highest BCUT2D eigenvalue weighted by Gasteiger charge is 2.27. The van der Waals surface area contributed by atoms with E-state index in [0.717, 1.165) is 22.7 Å². The van der Waals surface area contributed by atoms with Gasteiger partial charge in [-0.05, 0) is 42.3 Å². The largest absolute Gasteiger partial charge is 0.354 e. The number of nitrogens with one attached hydrogen (secondary N) is 3. The average Bonchev–Trinajstić information content (AvgIpc) is 2.67. The van der Waals surface area contributed by atoms with Crippen molar-refractivity contribution >= 4 is 39.3 Å². The van der Waals surface area contributed by atoms with Crippen molar-refractivity contribution in [3.8, 4) is 0 Å². The summed E-state index contributed by atoms with van der Waals surface area (Å²) in [5.41, 5.74) is -0.126. The third kappa shape index (κ3) is 6.62. The Morgan fingerprint density at radius 1 is 1.00 bits per heavy atom. The Morgan fingerprint density at radius 3 is 2.17 bits per heavy atom. The van der Waals surface area contributed by atoms with Gasteiger partial charge in [0.2, 0.25) is 11.8 Å². The molecular formula is C21H22BrF2N3O3. The first-order valence-corrected chi connectivity index (χ1v) is 10.1. The molecule has 6 nitrogen and oxygen atoms in total. The Hall–Kier alpha value is -2.81. The van der Waals surface area contributed by atoms with E-state index in [0.29, 0.717) is 5.69 Å². The summed E-state index contributed by atoms with van der Waals surface area (Å²) in [4.78, 5) is 36.7. The molecule has 2 aromatic carbocycles. The summed E-state index contributed by atoms with van der Waals surface area (Å²) in [5, 5.41) is 7.62. The van der Waals surface area contributed by atoms with E-state index in [1.54, 1.807) is 38.1 Å². The number of carbonyl (C=O) groups is 3. The molecule has 0 aliphatic heterocycles. The van der Waals surface area contributed by atoms with Crippen LogP contribution in [0.3, 0.4) is 0 Å². The lowest BCUT2D eigenvalue weighted by atomic mass is 10.0. The molecule has 3 N–H and O–H groups in total. The molecule has 2 aromatic rings. The topological polar surface area (TPSA) is 87.3 Å². The third-order valence-corrected chi connectivity index (χ3v) is 4.73. The van der Waals surface area contributed by atoms with Crippen LogP contribution in [-0.2, 0) is 9.59 Å². The highest BCUT2D eigenvalue weighted by atomic mass is 79.9. The number of carbonyl (C=O) groups excluding carboxylic acids is 3. The minimum absolute atomic E-state index is 0.0164. The Morgan fingerprint density at radius 2 is 1.60 bits per heavy atom. The van der Waals surface area contributed by atoms with E-state index in [4.69, 9.17) is 0 Å². The lowest BCUT2D eigenvalue weighted by Gasteiger charge is -2.22. The molecule has 0 aliphatic carbocycles. The standard InChI is InChI=1S/C21H22BrF2N3O3/c1-12(2)19(27-20(29)18-15(23)4-3-5-16(18)24)21(30)25-11-10-17(28)26-14-8-6-13(22)7-9-14/h3-9,12,19H,10-11H2,1-2H3,(H,25,30)(H,26,28)(H,27,29). The molecule has 0 saturated heterocycles. The number of rotatable bonds is 8. The minimum atomic E-state index is -1.02. The number of halogens is 3. The molecule has 160 valence electrons. The van der Waals surface area contributed by atoms with Crippen molar-refractivity contribution in [1.29, 1.82) is 0 Å². The zero-order valence-electron chi connectivity index (χ0n) is 16.5. The Kier molecular flexibility index (Phi) is 8.46. The van der Waals surface area contributed by atoms with Gasteiger partial charge in [0.25, 0.3) is 5.91 Å². The number of hydrogen-bond acceptors (Lipinski definition) is 3. The number of anilines is 1. The SMILES string of the molecule is CC(C)C(NC(=O)c1c(F)cccc1F)C(=O)NCCC(=O)Nc1ccc(Br)cc1. The number of hydrogen-bond donors (Lipinski definition) is 3. The van der Waals surface area contributed by atoms with Gasteiger partial charge in [-0.15, -0.1) is 0 Å². The van der Waals surface area contributed by atoms with Gasteiger partial charge in [0.1, 0.15) is 23.2 Å². The highest BCUT2D eigenvalue weighted by Crippen LogP contribution is 2.15. The summed E-state index contributed by atoms with van der Waals surface area (Å²) in [7, 11) is 0. The van der Waals surface area contributed by atoms with Gasteiger partial charge in [0, 0.05) is 23.1 Å². The molecule has 30 heavy (non-hydrogen) atoms. The summed E-state index contributed by atoms with van der Waals surface area (Å²) < 4.78 is 28.5. The summed E-state index contributed by atoms with van der Waals surface area (Å²) in [6, 6.07) is 9.08. The first-order valence-electron chi connectivity index (χ1n) is 9.27. The zero-order chi connectivity index (χ0) is 22.3. The fourth-order valence-electron chi connectivity index (χ4n) is 2.63. The van der Waals surface area contributed by atoms with Gasteiger partial charge in [0.15, 0.2) is 0 Å². The van der Waals surface area contributed by atoms with Crippen LogP contribution in [0.25, 0.3) is 0 Å². The second kappa shape index (κ2) is 10.8. The van der Waals surface area contributed by atoms with Crippen LogP contribution in [0.1, 0.15) is 30.6 Å². The van der Waals surface area contributed by atoms with Crippen LogP contribution < -0.4 is 16.0 Å². The van der Waals surface area contributed by atoms with E-state index in [2.05, 4.69) is 31.9 Å². The second-order valence-corrected chi connectivity index (χ2v) is 7.80. The van der Waals surface area contributed by atoms with E-state index in [1.165, 1.54) is 0 Å². The van der Waals surface area contributed by atoms with Gasteiger partial charge in [-0.1, -0.05) is 35.8 Å². The van der Waals surface area contributed by atoms with Gasteiger partial charge < -0.3 is 16.0 Å². The molecule has 3 amide bonds. The molecule has 0 aliphatic rings. The van der Waals surface area contributed by atoms with Gasteiger partial charge in [-0.3, -0.25) is 14.4 Å². The fourth-order valence-corrected chi connectivity index (χ4v) is 2.89. The molecule has 0 bridgehead atoms. The van der Waals surface area contributed by atoms with Crippen molar-refractivity contribution in [3.05, 3.63) is 64.1 Å². The highest BCUT2D eigenvalue weighted by molar-refractivity contribution is 9.10. The summed E-state index contributed by atoms with van der Waals surface area (Å²) in [6.07, 6.45) is 0.0164. The van der Waals surface area contributed by atoms with Crippen LogP contribution in [-0.4, -0.2) is 30.3 Å². The Labute approximate surface area is 181 Å². The molecule has 0 saturated carbocycles. The maximum Gasteiger partial charge on any atom is 0.257 e. The predicted octanol–water partition coefficient (Wildman–Crippen LogP) is 3.63. The maximum absolute atomic E-state index is 13.8. The van der Waals surface area contributed by atoms with E-state index in [1.807, 2.05) is 0 Å². The van der Waals surface area contributed by atoms with E-state index < -0.39 is 35.1 Å². The quantitative estimate of drug-likeness (QED) is 0.537. The van der Waals surface area contributed by atoms with Gasteiger partial charge in [-0.25, -0.2) is 8.78 Å². The summed E-state index contributed by atoms with van der Waals surface area (Å²) in [5.74, 6) is -4.24. The van der Waals surface area contributed by atoms with Crippen molar-refractivity contribution in [2.24, 2.45) is 5.92 Å².